The molecule has 1 unspecified atom stereocenters. The molecule has 1 aromatic rings. The second-order valence-electron chi connectivity index (χ2n) is 4.38. The van der Waals surface area contributed by atoms with Gasteiger partial charge in [-0.05, 0) is 33.2 Å². The lowest BCUT2D eigenvalue weighted by Gasteiger charge is -2.33. The van der Waals surface area contributed by atoms with Gasteiger partial charge in [-0.1, -0.05) is 0 Å². The first kappa shape index (κ1) is 11.0. The van der Waals surface area contributed by atoms with Crippen LogP contribution < -0.4 is 5.32 Å². The number of aromatic nitrogens is 1. The van der Waals surface area contributed by atoms with Gasteiger partial charge < -0.3 is 10.1 Å². The number of hydrogen-bond donors (Lipinski definition) is 1. The highest BCUT2D eigenvalue weighted by Crippen LogP contribution is 2.22. The monoisotopic (exact) mass is 226 g/mol. The molecule has 0 bridgehead atoms. The lowest BCUT2D eigenvalue weighted by atomic mass is 9.96. The fourth-order valence-corrected chi connectivity index (χ4v) is 2.47. The van der Waals surface area contributed by atoms with Crippen LogP contribution in [0.1, 0.15) is 30.5 Å². The fourth-order valence-electron chi connectivity index (χ4n) is 1.87. The van der Waals surface area contributed by atoms with E-state index in [1.54, 1.807) is 11.3 Å². The van der Waals surface area contributed by atoms with Crippen LogP contribution in [0.2, 0.25) is 0 Å². The lowest BCUT2D eigenvalue weighted by Crippen LogP contribution is -2.45. The molecule has 1 N–H and O–H groups in total. The summed E-state index contributed by atoms with van der Waals surface area (Å²) < 4.78 is 5.95. The van der Waals surface area contributed by atoms with Gasteiger partial charge in [-0.25, -0.2) is 4.98 Å². The Kier molecular flexibility index (Phi) is 3.38. The number of aryl methyl sites for hydroxylation is 1. The Morgan fingerprint density at radius 2 is 2.53 bits per heavy atom. The summed E-state index contributed by atoms with van der Waals surface area (Å²) in [6.07, 6.45) is 2.34. The number of ether oxygens (including phenoxy) is 1. The third-order valence-electron chi connectivity index (χ3n) is 2.79. The molecular weight excluding hydrogens is 208 g/mol. The molecule has 2 heterocycles. The smallest absolute Gasteiger partial charge is 0.0904 e. The molecule has 0 saturated carbocycles. The molecule has 84 valence electrons. The van der Waals surface area contributed by atoms with E-state index in [0.29, 0.717) is 6.61 Å². The van der Waals surface area contributed by atoms with Gasteiger partial charge in [-0.2, -0.15) is 0 Å². The summed E-state index contributed by atoms with van der Waals surface area (Å²) in [5, 5.41) is 6.56. The van der Waals surface area contributed by atoms with Gasteiger partial charge in [-0.15, -0.1) is 11.3 Å². The minimum atomic E-state index is -0.00420. The summed E-state index contributed by atoms with van der Waals surface area (Å²) in [5.74, 6) is 0. The van der Waals surface area contributed by atoms with Crippen molar-refractivity contribution in [1.82, 2.24) is 10.3 Å². The zero-order chi connectivity index (χ0) is 10.7. The number of nitrogens with one attached hydrogen (secondary N) is 1. The SMILES string of the molecule is Cc1nc(COC2(C)CCCNC2)cs1. The first-order chi connectivity index (χ1) is 7.18. The molecule has 1 aliphatic rings. The molecule has 0 aliphatic carbocycles. The number of nitrogens with zero attached hydrogens (tertiary/aromatic N) is 1. The Hall–Kier alpha value is -0.450. The molecule has 2 rings (SSSR count). The topological polar surface area (TPSA) is 34.1 Å². The van der Waals surface area contributed by atoms with Crippen molar-refractivity contribution >= 4 is 11.3 Å². The summed E-state index contributed by atoms with van der Waals surface area (Å²) in [6, 6.07) is 0. The number of rotatable bonds is 3. The van der Waals surface area contributed by atoms with Crippen LogP contribution in [0.25, 0.3) is 0 Å². The van der Waals surface area contributed by atoms with Crippen molar-refractivity contribution in [2.24, 2.45) is 0 Å². The number of thiazole rings is 1. The molecule has 0 aromatic carbocycles. The molecule has 1 fully saturated rings. The minimum Gasteiger partial charge on any atom is -0.368 e. The van der Waals surface area contributed by atoms with Crippen molar-refractivity contribution in [3.8, 4) is 0 Å². The number of piperidine rings is 1. The molecule has 3 nitrogen and oxygen atoms in total. The van der Waals surface area contributed by atoms with E-state index in [-0.39, 0.29) is 5.60 Å². The Labute approximate surface area is 94.9 Å². The zero-order valence-electron chi connectivity index (χ0n) is 9.38. The summed E-state index contributed by atoms with van der Waals surface area (Å²) in [7, 11) is 0. The Balaban J connectivity index is 1.86. The predicted octanol–water partition coefficient (Wildman–Crippen LogP) is 2.11. The molecule has 1 atom stereocenters. The third kappa shape index (κ3) is 3.00. The fraction of sp³-hybridized carbons (Fsp3) is 0.727. The Morgan fingerprint density at radius 1 is 1.67 bits per heavy atom. The Morgan fingerprint density at radius 3 is 3.13 bits per heavy atom. The maximum absolute atomic E-state index is 5.95. The van der Waals surface area contributed by atoms with Crippen molar-refractivity contribution in [3.05, 3.63) is 16.1 Å². The van der Waals surface area contributed by atoms with E-state index in [2.05, 4.69) is 22.6 Å². The van der Waals surface area contributed by atoms with Gasteiger partial charge in [0.2, 0.25) is 0 Å². The van der Waals surface area contributed by atoms with Crippen LogP contribution in [0.4, 0.5) is 0 Å². The van der Waals surface area contributed by atoms with Gasteiger partial charge >= 0.3 is 0 Å². The van der Waals surface area contributed by atoms with Crippen molar-refractivity contribution in [2.45, 2.75) is 38.9 Å². The van der Waals surface area contributed by atoms with Crippen molar-refractivity contribution in [3.63, 3.8) is 0 Å². The van der Waals surface area contributed by atoms with Crippen molar-refractivity contribution in [2.75, 3.05) is 13.1 Å². The van der Waals surface area contributed by atoms with Gasteiger partial charge in [0.15, 0.2) is 0 Å². The minimum absolute atomic E-state index is 0.00420. The average Bonchev–Trinajstić information content (AvgIpc) is 2.63. The van der Waals surface area contributed by atoms with E-state index >= 15 is 0 Å². The van der Waals surface area contributed by atoms with E-state index in [9.17, 15) is 0 Å². The van der Waals surface area contributed by atoms with Crippen molar-refractivity contribution < 1.29 is 4.74 Å². The molecule has 1 aliphatic heterocycles. The summed E-state index contributed by atoms with van der Waals surface area (Å²) in [5.41, 5.74) is 1.06. The van der Waals surface area contributed by atoms with Crippen LogP contribution in [0, 0.1) is 6.92 Å². The zero-order valence-corrected chi connectivity index (χ0v) is 10.2. The van der Waals surface area contributed by atoms with Gasteiger partial charge in [0, 0.05) is 11.9 Å². The highest BCUT2D eigenvalue weighted by Gasteiger charge is 2.27. The van der Waals surface area contributed by atoms with Crippen LogP contribution >= 0.6 is 11.3 Å². The second kappa shape index (κ2) is 4.60. The van der Waals surface area contributed by atoms with Crippen LogP contribution in [0.3, 0.4) is 0 Å². The largest absolute Gasteiger partial charge is 0.368 e. The molecule has 0 amide bonds. The molecule has 1 aromatic heterocycles. The van der Waals surface area contributed by atoms with E-state index in [1.807, 2.05) is 6.92 Å². The van der Waals surface area contributed by atoms with Crippen LogP contribution in [0.5, 0.6) is 0 Å². The van der Waals surface area contributed by atoms with Crippen LogP contribution in [0.15, 0.2) is 5.38 Å². The predicted molar refractivity (Wildman–Crippen MR) is 62.1 cm³/mol. The van der Waals surface area contributed by atoms with Crippen LogP contribution in [-0.4, -0.2) is 23.7 Å². The van der Waals surface area contributed by atoms with Gasteiger partial charge in [0.25, 0.3) is 0 Å². The molecule has 4 heteroatoms. The van der Waals surface area contributed by atoms with Gasteiger partial charge in [0.1, 0.15) is 0 Å². The standard InChI is InChI=1S/C11H18N2OS/c1-9-13-10(7-15-9)6-14-11(2)4-3-5-12-8-11/h7,12H,3-6,8H2,1-2H3. The lowest BCUT2D eigenvalue weighted by molar-refractivity contribution is -0.0581. The van der Waals surface area contributed by atoms with E-state index in [1.165, 1.54) is 6.42 Å². The molecular formula is C11H18N2OS. The van der Waals surface area contributed by atoms with Crippen molar-refractivity contribution in [1.29, 1.82) is 0 Å². The van der Waals surface area contributed by atoms with Gasteiger partial charge in [-0.3, -0.25) is 0 Å². The quantitative estimate of drug-likeness (QED) is 0.857. The highest BCUT2D eigenvalue weighted by molar-refractivity contribution is 7.09. The molecule has 0 radical (unpaired) electrons. The third-order valence-corrected chi connectivity index (χ3v) is 3.62. The van der Waals surface area contributed by atoms with Gasteiger partial charge in [0.05, 0.1) is 22.9 Å². The molecule has 15 heavy (non-hydrogen) atoms. The van der Waals surface area contributed by atoms with E-state index in [0.717, 1.165) is 30.2 Å². The van der Waals surface area contributed by atoms with E-state index < -0.39 is 0 Å². The maximum atomic E-state index is 5.95. The first-order valence-electron chi connectivity index (χ1n) is 5.44. The average molecular weight is 226 g/mol. The normalized spacial score (nSPS) is 26.8. The first-order valence-corrected chi connectivity index (χ1v) is 6.32. The summed E-state index contributed by atoms with van der Waals surface area (Å²) in [4.78, 5) is 4.40. The summed E-state index contributed by atoms with van der Waals surface area (Å²) >= 11 is 1.68. The maximum Gasteiger partial charge on any atom is 0.0904 e. The molecule has 0 spiro atoms. The van der Waals surface area contributed by atoms with E-state index in [4.69, 9.17) is 4.74 Å². The number of hydrogen-bond acceptors (Lipinski definition) is 4. The summed E-state index contributed by atoms with van der Waals surface area (Å²) in [6.45, 7) is 6.92. The highest BCUT2D eigenvalue weighted by atomic mass is 32.1. The molecule has 1 saturated heterocycles. The second-order valence-corrected chi connectivity index (χ2v) is 5.44. The van der Waals surface area contributed by atoms with Crippen LogP contribution in [-0.2, 0) is 11.3 Å². The Bertz CT molecular complexity index is 318.